The second kappa shape index (κ2) is 15.9. The third-order valence-electron chi connectivity index (χ3n) is 5.19. The quantitative estimate of drug-likeness (QED) is 0.102. The summed E-state index contributed by atoms with van der Waals surface area (Å²) in [6, 6.07) is 9.34. The predicted molar refractivity (Wildman–Crippen MR) is 141 cm³/mol. The van der Waals surface area contributed by atoms with Gasteiger partial charge in [-0.05, 0) is 54.0 Å². The molecule has 0 saturated heterocycles. The lowest BCUT2D eigenvalue weighted by molar-refractivity contribution is -0.149. The van der Waals surface area contributed by atoms with Crippen LogP contribution in [0.3, 0.4) is 0 Å². The number of amides is 2. The molecular formula is C27H30N2O10. The van der Waals surface area contributed by atoms with Crippen molar-refractivity contribution in [1.82, 2.24) is 10.6 Å². The van der Waals surface area contributed by atoms with Gasteiger partial charge in [0.05, 0.1) is 20.6 Å². The number of benzene rings is 2. The van der Waals surface area contributed by atoms with Crippen molar-refractivity contribution in [2.45, 2.75) is 25.4 Å². The van der Waals surface area contributed by atoms with Crippen LogP contribution in [0.5, 0.6) is 23.0 Å². The highest BCUT2D eigenvalue weighted by molar-refractivity contribution is 6.10. The van der Waals surface area contributed by atoms with E-state index in [0.717, 1.165) is 0 Å². The number of phenols is 2. The predicted octanol–water partition coefficient (Wildman–Crippen LogP) is 2.04. The number of carboxylic acids is 1. The van der Waals surface area contributed by atoms with E-state index >= 15 is 0 Å². The van der Waals surface area contributed by atoms with Crippen molar-refractivity contribution in [3.05, 3.63) is 59.7 Å². The molecule has 0 bridgehead atoms. The van der Waals surface area contributed by atoms with Gasteiger partial charge in [-0.15, -0.1) is 0 Å². The van der Waals surface area contributed by atoms with Crippen molar-refractivity contribution in [3.63, 3.8) is 0 Å². The van der Waals surface area contributed by atoms with Gasteiger partial charge in [0, 0.05) is 0 Å². The van der Waals surface area contributed by atoms with Gasteiger partial charge in [0.1, 0.15) is 0 Å². The maximum absolute atomic E-state index is 11.9. The molecule has 0 aromatic heterocycles. The van der Waals surface area contributed by atoms with Crippen molar-refractivity contribution in [2.24, 2.45) is 0 Å². The molecule has 0 spiro atoms. The second-order valence-electron chi connectivity index (χ2n) is 7.73. The number of aliphatic carboxylic acids is 1. The molecule has 0 unspecified atom stereocenters. The second-order valence-corrected chi connectivity index (χ2v) is 7.73. The summed E-state index contributed by atoms with van der Waals surface area (Å²) in [5, 5.41) is 31.8. The first kappa shape index (κ1) is 31.9. The van der Waals surface area contributed by atoms with E-state index in [1.165, 1.54) is 45.4 Å². The van der Waals surface area contributed by atoms with Gasteiger partial charge in [-0.3, -0.25) is 19.2 Å². The van der Waals surface area contributed by atoms with Crippen LogP contribution in [0.4, 0.5) is 0 Å². The number of aromatic hydroxyl groups is 2. The van der Waals surface area contributed by atoms with Gasteiger partial charge in [0.2, 0.25) is 18.5 Å². The summed E-state index contributed by atoms with van der Waals surface area (Å²) in [6.45, 7) is 1.53. The number of carbonyl (C=O) groups excluding carboxylic acids is 4. The number of ether oxygens (including phenoxy) is 2. The molecule has 208 valence electrons. The smallest absolute Gasteiger partial charge is 0.350 e. The molecule has 2 aromatic rings. The zero-order valence-electron chi connectivity index (χ0n) is 21.5. The Morgan fingerprint density at radius 1 is 0.821 bits per heavy atom. The molecule has 5 N–H and O–H groups in total. The standard InChI is InChI=1S/C21H20O6.C6H10N2O4/c1-26-20-11-14(5-9-18(20)24)3-7-16(22)13-17(23)8-4-15-6-10-19(25)21(12-15)27-2;1-2-6(5(11)12,7-3-9)8-4-10/h3-12,24-25H,13H2,1-2H3;3-4H,2H2,1H3,(H,7,9)(H,8,10)(H,11,12). The minimum absolute atomic E-state index is 0.00662. The van der Waals surface area contributed by atoms with Crippen LogP contribution < -0.4 is 20.1 Å². The first-order valence-corrected chi connectivity index (χ1v) is 11.4. The third kappa shape index (κ3) is 10.0. The number of rotatable bonds is 14. The summed E-state index contributed by atoms with van der Waals surface area (Å²) in [5.74, 6) is -1.38. The number of nitrogens with one attached hydrogen (secondary N) is 2. The van der Waals surface area contributed by atoms with Crippen molar-refractivity contribution in [3.8, 4) is 23.0 Å². The molecule has 0 heterocycles. The number of hydrogen-bond donors (Lipinski definition) is 5. The number of methoxy groups -OCH3 is 2. The fourth-order valence-corrected chi connectivity index (χ4v) is 2.99. The highest BCUT2D eigenvalue weighted by Gasteiger charge is 2.35. The van der Waals surface area contributed by atoms with Crippen LogP contribution in [0.25, 0.3) is 12.2 Å². The molecule has 2 aromatic carbocycles. The molecule has 2 rings (SSSR count). The van der Waals surface area contributed by atoms with Crippen LogP contribution in [-0.4, -0.2) is 65.6 Å². The van der Waals surface area contributed by atoms with E-state index in [9.17, 15) is 34.2 Å². The van der Waals surface area contributed by atoms with E-state index in [2.05, 4.69) is 0 Å². The Labute approximate surface area is 224 Å². The summed E-state index contributed by atoms with van der Waals surface area (Å²) < 4.78 is 10.00. The van der Waals surface area contributed by atoms with E-state index in [1.54, 1.807) is 36.4 Å². The van der Waals surface area contributed by atoms with Crippen molar-refractivity contribution in [1.29, 1.82) is 0 Å². The number of carboxylic acid groups (broad SMARTS) is 1. The van der Waals surface area contributed by atoms with E-state index in [0.29, 0.717) is 22.6 Å². The third-order valence-corrected chi connectivity index (χ3v) is 5.19. The van der Waals surface area contributed by atoms with E-state index in [-0.39, 0.29) is 48.7 Å². The minimum Gasteiger partial charge on any atom is -0.504 e. The number of phenolic OH excluding ortho intramolecular Hbond substituents is 2. The zero-order chi connectivity index (χ0) is 29.4. The van der Waals surface area contributed by atoms with Gasteiger partial charge in [0.25, 0.3) is 0 Å². The topological polar surface area (TPSA) is 189 Å². The molecule has 0 aliphatic heterocycles. The highest BCUT2D eigenvalue weighted by Crippen LogP contribution is 2.27. The largest absolute Gasteiger partial charge is 0.504 e. The molecule has 0 radical (unpaired) electrons. The Balaban J connectivity index is 0.000000534. The number of hydrogen-bond acceptors (Lipinski definition) is 9. The maximum Gasteiger partial charge on any atom is 0.350 e. The summed E-state index contributed by atoms with van der Waals surface area (Å²) in [5.41, 5.74) is -0.349. The van der Waals surface area contributed by atoms with Crippen LogP contribution in [0.1, 0.15) is 30.9 Å². The molecule has 0 aliphatic carbocycles. The van der Waals surface area contributed by atoms with Gasteiger partial charge >= 0.3 is 5.97 Å². The Kier molecular flexibility index (Phi) is 13.0. The van der Waals surface area contributed by atoms with Gasteiger partial charge in [0.15, 0.2) is 34.6 Å². The van der Waals surface area contributed by atoms with Crippen molar-refractivity contribution in [2.75, 3.05) is 14.2 Å². The van der Waals surface area contributed by atoms with Crippen LogP contribution in [0.15, 0.2) is 48.6 Å². The van der Waals surface area contributed by atoms with Crippen molar-refractivity contribution < 1.29 is 48.8 Å². The molecule has 2 amide bonds. The fraction of sp³-hybridized carbons (Fsp3) is 0.222. The summed E-state index contributed by atoms with van der Waals surface area (Å²) in [4.78, 5) is 54.5. The Bertz CT molecular complexity index is 1150. The Morgan fingerprint density at radius 2 is 1.23 bits per heavy atom. The number of allylic oxidation sites excluding steroid dienone is 2. The van der Waals surface area contributed by atoms with Crippen LogP contribution in [0, 0.1) is 0 Å². The molecule has 12 nitrogen and oxygen atoms in total. The molecule has 0 atom stereocenters. The van der Waals surface area contributed by atoms with Gasteiger partial charge < -0.3 is 35.4 Å². The molecule has 0 saturated carbocycles. The summed E-state index contributed by atoms with van der Waals surface area (Å²) >= 11 is 0. The molecular weight excluding hydrogens is 512 g/mol. The number of ketones is 2. The van der Waals surface area contributed by atoms with Gasteiger partial charge in [-0.25, -0.2) is 4.79 Å². The monoisotopic (exact) mass is 542 g/mol. The van der Waals surface area contributed by atoms with Crippen LogP contribution in [0.2, 0.25) is 0 Å². The Hall–Kier alpha value is -5.13. The van der Waals surface area contributed by atoms with Gasteiger partial charge in [-0.2, -0.15) is 0 Å². The maximum atomic E-state index is 11.9. The lowest BCUT2D eigenvalue weighted by Crippen LogP contribution is -2.61. The number of carbonyl (C=O) groups is 5. The van der Waals surface area contributed by atoms with E-state index < -0.39 is 11.6 Å². The average molecular weight is 543 g/mol. The zero-order valence-corrected chi connectivity index (χ0v) is 21.5. The highest BCUT2D eigenvalue weighted by atomic mass is 16.5. The SMILES string of the molecule is CCC(NC=O)(NC=O)C(=O)O.COc1cc(C=CC(=O)CC(=O)C=Cc2ccc(O)c(OC)c2)ccc1O. The summed E-state index contributed by atoms with van der Waals surface area (Å²) in [7, 11) is 2.87. The average Bonchev–Trinajstić information content (AvgIpc) is 2.92. The fourth-order valence-electron chi connectivity index (χ4n) is 2.99. The first-order chi connectivity index (χ1) is 18.5. The lowest BCUT2D eigenvalue weighted by Gasteiger charge is -2.25. The van der Waals surface area contributed by atoms with Gasteiger partial charge in [-0.1, -0.05) is 31.2 Å². The first-order valence-electron chi connectivity index (χ1n) is 11.4. The normalized spacial score (nSPS) is 10.7. The molecule has 0 aliphatic rings. The van der Waals surface area contributed by atoms with Crippen molar-refractivity contribution >= 4 is 42.5 Å². The van der Waals surface area contributed by atoms with Crippen LogP contribution >= 0.6 is 0 Å². The molecule has 39 heavy (non-hydrogen) atoms. The molecule has 12 heteroatoms. The molecule has 0 fully saturated rings. The van der Waals surface area contributed by atoms with E-state index in [1.807, 2.05) is 10.6 Å². The lowest BCUT2D eigenvalue weighted by atomic mass is 10.1. The minimum atomic E-state index is -1.68. The summed E-state index contributed by atoms with van der Waals surface area (Å²) in [6.07, 6.45) is 5.97. The van der Waals surface area contributed by atoms with Crippen LogP contribution in [-0.2, 0) is 24.0 Å². The van der Waals surface area contributed by atoms with E-state index in [4.69, 9.17) is 14.6 Å². The Morgan fingerprint density at radius 3 is 1.54 bits per heavy atom.